The summed E-state index contributed by atoms with van der Waals surface area (Å²) in [4.78, 5) is 22.2. The van der Waals surface area contributed by atoms with Crippen LogP contribution in [0.2, 0.25) is 0 Å². The third kappa shape index (κ3) is 3.62. The van der Waals surface area contributed by atoms with Gasteiger partial charge in [0.2, 0.25) is 5.91 Å². The van der Waals surface area contributed by atoms with Crippen molar-refractivity contribution < 1.29 is 9.72 Å². The first kappa shape index (κ1) is 14.8. The number of anilines is 1. The molecule has 102 valence electrons. The van der Waals surface area contributed by atoms with Crippen molar-refractivity contribution in [2.24, 2.45) is 5.73 Å². The van der Waals surface area contributed by atoms with Crippen LogP contribution in [0.3, 0.4) is 0 Å². The van der Waals surface area contributed by atoms with Gasteiger partial charge in [-0.3, -0.25) is 14.9 Å². The summed E-state index contributed by atoms with van der Waals surface area (Å²) in [6.07, 6.45) is 1.84. The summed E-state index contributed by atoms with van der Waals surface area (Å²) in [6.45, 7) is 7.09. The predicted octanol–water partition coefficient (Wildman–Crippen LogP) is 2.05. The van der Waals surface area contributed by atoms with E-state index in [9.17, 15) is 14.9 Å². The molecule has 0 aliphatic carbocycles. The van der Waals surface area contributed by atoms with Crippen LogP contribution in [0.1, 0.15) is 17.5 Å². The van der Waals surface area contributed by atoms with Gasteiger partial charge in [0.05, 0.1) is 11.0 Å². The second kappa shape index (κ2) is 6.10. The number of nitrogens with two attached hydrogens (primary N) is 1. The molecule has 0 bridgehead atoms. The molecule has 19 heavy (non-hydrogen) atoms. The van der Waals surface area contributed by atoms with Crippen LogP contribution < -0.4 is 11.1 Å². The van der Waals surface area contributed by atoms with Gasteiger partial charge in [-0.1, -0.05) is 6.08 Å². The Labute approximate surface area is 111 Å². The van der Waals surface area contributed by atoms with Crippen molar-refractivity contribution in [1.29, 1.82) is 0 Å². The summed E-state index contributed by atoms with van der Waals surface area (Å²) in [5.41, 5.74) is 7.30. The number of nitro benzene ring substituents is 1. The molecule has 0 aliphatic heterocycles. The molecule has 0 saturated heterocycles. The van der Waals surface area contributed by atoms with Gasteiger partial charge in [-0.15, -0.1) is 6.58 Å². The second-order valence-electron chi connectivity index (χ2n) is 4.33. The molecular formula is C13H17N3O3. The van der Waals surface area contributed by atoms with Crippen molar-refractivity contribution >= 4 is 17.3 Å². The van der Waals surface area contributed by atoms with Crippen LogP contribution in [0.15, 0.2) is 24.8 Å². The van der Waals surface area contributed by atoms with Gasteiger partial charge in [0.1, 0.15) is 5.69 Å². The van der Waals surface area contributed by atoms with E-state index in [2.05, 4.69) is 11.9 Å². The van der Waals surface area contributed by atoms with E-state index in [1.165, 1.54) is 12.1 Å². The van der Waals surface area contributed by atoms with Crippen LogP contribution in [0.5, 0.6) is 0 Å². The monoisotopic (exact) mass is 263 g/mol. The lowest BCUT2D eigenvalue weighted by molar-refractivity contribution is -0.384. The summed E-state index contributed by atoms with van der Waals surface area (Å²) in [6, 6.07) is 2.24. The van der Waals surface area contributed by atoms with E-state index in [4.69, 9.17) is 5.73 Å². The molecule has 0 heterocycles. The largest absolute Gasteiger partial charge is 0.320 e. The van der Waals surface area contributed by atoms with Crippen molar-refractivity contribution in [2.75, 3.05) is 5.32 Å². The van der Waals surface area contributed by atoms with Gasteiger partial charge in [0, 0.05) is 6.07 Å². The van der Waals surface area contributed by atoms with Crippen LogP contribution >= 0.6 is 0 Å². The van der Waals surface area contributed by atoms with Crippen LogP contribution in [0.25, 0.3) is 0 Å². The summed E-state index contributed by atoms with van der Waals surface area (Å²) in [5, 5.41) is 13.5. The van der Waals surface area contributed by atoms with Crippen LogP contribution in [-0.4, -0.2) is 16.9 Å². The van der Waals surface area contributed by atoms with Gasteiger partial charge in [0.25, 0.3) is 5.69 Å². The number of nitrogens with one attached hydrogen (secondary N) is 1. The number of aryl methyl sites for hydroxylation is 2. The average molecular weight is 263 g/mol. The first-order chi connectivity index (χ1) is 8.86. The Kier molecular flexibility index (Phi) is 4.77. The van der Waals surface area contributed by atoms with Gasteiger partial charge < -0.3 is 11.1 Å². The number of benzene rings is 1. The lowest BCUT2D eigenvalue weighted by atomic mass is 10.1. The van der Waals surface area contributed by atoms with Crippen LogP contribution in [0.4, 0.5) is 11.4 Å². The van der Waals surface area contributed by atoms with E-state index >= 15 is 0 Å². The topological polar surface area (TPSA) is 98.3 Å². The normalized spacial score (nSPS) is 11.7. The molecule has 6 heteroatoms. The first-order valence-corrected chi connectivity index (χ1v) is 5.79. The van der Waals surface area contributed by atoms with E-state index < -0.39 is 16.9 Å². The summed E-state index contributed by atoms with van der Waals surface area (Å²) in [5.74, 6) is -0.466. The molecule has 0 spiro atoms. The molecule has 0 saturated carbocycles. The zero-order chi connectivity index (χ0) is 14.6. The SMILES string of the molecule is C=CCC(N)C(=O)Nc1cc(C)c(C)cc1[N+](=O)[O-]. The fraction of sp³-hybridized carbons (Fsp3) is 0.308. The Morgan fingerprint density at radius 3 is 2.63 bits per heavy atom. The van der Waals surface area contributed by atoms with Gasteiger partial charge in [0.15, 0.2) is 0 Å². The van der Waals surface area contributed by atoms with E-state index in [1.807, 2.05) is 6.92 Å². The molecule has 0 radical (unpaired) electrons. The number of amides is 1. The molecule has 6 nitrogen and oxygen atoms in total. The van der Waals surface area contributed by atoms with Crippen molar-refractivity contribution in [3.05, 3.63) is 46.0 Å². The van der Waals surface area contributed by atoms with Gasteiger partial charge >= 0.3 is 0 Å². The molecule has 1 aromatic rings. The highest BCUT2D eigenvalue weighted by atomic mass is 16.6. The highest BCUT2D eigenvalue weighted by molar-refractivity contribution is 5.96. The Morgan fingerprint density at radius 2 is 2.11 bits per heavy atom. The maximum atomic E-state index is 11.8. The molecule has 1 atom stereocenters. The minimum Gasteiger partial charge on any atom is -0.320 e. The lowest BCUT2D eigenvalue weighted by Crippen LogP contribution is -2.35. The lowest BCUT2D eigenvalue weighted by Gasteiger charge is -2.12. The number of nitro groups is 1. The minimum atomic E-state index is -0.765. The van der Waals surface area contributed by atoms with Crippen molar-refractivity contribution in [2.45, 2.75) is 26.3 Å². The molecule has 0 aromatic heterocycles. The molecule has 1 unspecified atom stereocenters. The second-order valence-corrected chi connectivity index (χ2v) is 4.33. The minimum absolute atomic E-state index is 0.137. The number of carbonyl (C=O) groups excluding carboxylic acids is 1. The van der Waals surface area contributed by atoms with E-state index in [-0.39, 0.29) is 11.4 Å². The Morgan fingerprint density at radius 1 is 1.53 bits per heavy atom. The summed E-state index contributed by atoms with van der Waals surface area (Å²) >= 11 is 0. The number of carbonyl (C=O) groups is 1. The molecule has 0 aliphatic rings. The summed E-state index contributed by atoms with van der Waals surface area (Å²) < 4.78 is 0. The maximum absolute atomic E-state index is 11.8. The highest BCUT2D eigenvalue weighted by Gasteiger charge is 2.19. The number of hydrogen-bond acceptors (Lipinski definition) is 4. The van der Waals surface area contributed by atoms with E-state index in [0.717, 1.165) is 11.1 Å². The van der Waals surface area contributed by atoms with Gasteiger partial charge in [-0.25, -0.2) is 0 Å². The summed E-state index contributed by atoms with van der Waals surface area (Å²) in [7, 11) is 0. The van der Waals surface area contributed by atoms with Crippen molar-refractivity contribution in [3.63, 3.8) is 0 Å². The number of rotatable bonds is 5. The smallest absolute Gasteiger partial charge is 0.293 e. The van der Waals surface area contributed by atoms with E-state index in [0.29, 0.717) is 6.42 Å². The van der Waals surface area contributed by atoms with E-state index in [1.54, 1.807) is 13.0 Å². The zero-order valence-electron chi connectivity index (χ0n) is 11.0. The van der Waals surface area contributed by atoms with Gasteiger partial charge in [-0.05, 0) is 37.5 Å². The van der Waals surface area contributed by atoms with Crippen LogP contribution in [-0.2, 0) is 4.79 Å². The Bertz CT molecular complexity index is 526. The molecular weight excluding hydrogens is 246 g/mol. The highest BCUT2D eigenvalue weighted by Crippen LogP contribution is 2.28. The Balaban J connectivity index is 3.06. The predicted molar refractivity (Wildman–Crippen MR) is 74.0 cm³/mol. The van der Waals surface area contributed by atoms with Crippen molar-refractivity contribution in [1.82, 2.24) is 0 Å². The third-order valence-electron chi connectivity index (χ3n) is 2.82. The fourth-order valence-corrected chi connectivity index (χ4v) is 1.56. The molecule has 1 aromatic carbocycles. The van der Waals surface area contributed by atoms with Crippen molar-refractivity contribution in [3.8, 4) is 0 Å². The fourth-order valence-electron chi connectivity index (χ4n) is 1.56. The molecule has 3 N–H and O–H groups in total. The first-order valence-electron chi connectivity index (χ1n) is 5.79. The Hall–Kier alpha value is -2.21. The standard InChI is InChI=1S/C13H17N3O3/c1-4-5-10(14)13(17)15-11-6-8(2)9(3)7-12(11)16(18)19/h4,6-7,10H,1,5,14H2,2-3H3,(H,15,17). The average Bonchev–Trinajstić information content (AvgIpc) is 2.33. The maximum Gasteiger partial charge on any atom is 0.293 e. The number of hydrogen-bond donors (Lipinski definition) is 2. The molecule has 0 fully saturated rings. The third-order valence-corrected chi connectivity index (χ3v) is 2.82. The quantitative estimate of drug-likeness (QED) is 0.482. The van der Waals surface area contributed by atoms with Crippen LogP contribution in [0, 0.1) is 24.0 Å². The molecule has 1 rings (SSSR count). The molecule has 1 amide bonds. The van der Waals surface area contributed by atoms with Gasteiger partial charge in [-0.2, -0.15) is 0 Å². The number of nitrogens with zero attached hydrogens (tertiary/aromatic N) is 1. The zero-order valence-corrected chi connectivity index (χ0v) is 11.0.